The lowest BCUT2D eigenvalue weighted by molar-refractivity contribution is -0.137. The van der Waals surface area contributed by atoms with Crippen LogP contribution < -0.4 is 10.1 Å². The number of nitrogens with zero attached hydrogens (tertiary/aromatic N) is 1. The van der Waals surface area contributed by atoms with Crippen molar-refractivity contribution in [1.29, 1.82) is 0 Å². The van der Waals surface area contributed by atoms with Crippen LogP contribution in [0.2, 0.25) is 0 Å². The Morgan fingerprint density at radius 2 is 1.91 bits per heavy atom. The zero-order valence-corrected chi connectivity index (χ0v) is 18.4. The molecule has 0 aliphatic carbocycles. The first-order valence-electron chi connectivity index (χ1n) is 9.58. The van der Waals surface area contributed by atoms with E-state index in [1.54, 1.807) is 30.3 Å². The first kappa shape index (κ1) is 23.4. The van der Waals surface area contributed by atoms with Crippen LogP contribution in [0.1, 0.15) is 18.4 Å². The standard InChI is InChI=1S/C22H19FN2O5S2/c23-15-7-9-16(10-8-15)24-19(26)13-30-17-5-2-1-4-14(17)12-18-21(29)25(22(31)32-18)11-3-6-20(27)28/h1-2,4-5,7-10,12H,3,6,11,13H2,(H,24,26)(H,27,28)/b18-12-. The number of halogens is 1. The van der Waals surface area contributed by atoms with E-state index in [1.807, 2.05) is 0 Å². The Kier molecular flexibility index (Phi) is 7.96. The van der Waals surface area contributed by atoms with Crippen LogP contribution in [0.5, 0.6) is 5.75 Å². The predicted molar refractivity (Wildman–Crippen MR) is 124 cm³/mol. The van der Waals surface area contributed by atoms with Crippen LogP contribution in [0.4, 0.5) is 10.1 Å². The molecular formula is C22H19FN2O5S2. The van der Waals surface area contributed by atoms with Crippen LogP contribution in [0.15, 0.2) is 53.4 Å². The van der Waals surface area contributed by atoms with Crippen molar-refractivity contribution in [2.45, 2.75) is 12.8 Å². The van der Waals surface area contributed by atoms with Gasteiger partial charge >= 0.3 is 5.97 Å². The number of anilines is 1. The summed E-state index contributed by atoms with van der Waals surface area (Å²) >= 11 is 6.38. The molecule has 3 rings (SSSR count). The second-order valence-electron chi connectivity index (χ2n) is 6.71. The van der Waals surface area contributed by atoms with Gasteiger partial charge in [-0.15, -0.1) is 0 Å². The van der Waals surface area contributed by atoms with Crippen LogP contribution in [0, 0.1) is 5.82 Å². The lowest BCUT2D eigenvalue weighted by Gasteiger charge is -2.13. The van der Waals surface area contributed by atoms with Crippen LogP contribution >= 0.6 is 24.0 Å². The van der Waals surface area contributed by atoms with Crippen LogP contribution in [-0.2, 0) is 14.4 Å². The molecule has 166 valence electrons. The van der Waals surface area contributed by atoms with Gasteiger partial charge in [-0.2, -0.15) is 0 Å². The Morgan fingerprint density at radius 1 is 1.19 bits per heavy atom. The van der Waals surface area contributed by atoms with E-state index in [9.17, 15) is 18.8 Å². The van der Waals surface area contributed by atoms with Crippen LogP contribution in [0.3, 0.4) is 0 Å². The van der Waals surface area contributed by atoms with E-state index in [-0.39, 0.29) is 25.5 Å². The molecule has 0 spiro atoms. The van der Waals surface area contributed by atoms with Crippen LogP contribution in [0.25, 0.3) is 6.08 Å². The number of ether oxygens (including phenoxy) is 1. The largest absolute Gasteiger partial charge is 0.483 e. The number of hydrogen-bond donors (Lipinski definition) is 2. The van der Waals surface area contributed by atoms with Gasteiger partial charge in [-0.1, -0.05) is 42.2 Å². The Balaban J connectivity index is 1.64. The van der Waals surface area contributed by atoms with E-state index < -0.39 is 17.7 Å². The Morgan fingerprint density at radius 3 is 2.62 bits per heavy atom. The molecule has 0 unspecified atom stereocenters. The molecule has 7 nitrogen and oxygen atoms in total. The van der Waals surface area contributed by atoms with E-state index in [0.717, 1.165) is 11.8 Å². The molecule has 0 saturated carbocycles. The number of carbonyl (C=O) groups is 3. The fourth-order valence-corrected chi connectivity index (χ4v) is 4.13. The number of carboxylic acid groups (broad SMARTS) is 1. The van der Waals surface area contributed by atoms with Gasteiger partial charge < -0.3 is 15.2 Å². The minimum atomic E-state index is -0.930. The third-order valence-corrected chi connectivity index (χ3v) is 5.72. The predicted octanol–water partition coefficient (Wildman–Crippen LogP) is 3.91. The number of carboxylic acids is 1. The summed E-state index contributed by atoms with van der Waals surface area (Å²) in [7, 11) is 0. The molecule has 0 bridgehead atoms. The fourth-order valence-electron chi connectivity index (χ4n) is 2.83. The molecule has 1 heterocycles. The third-order valence-electron chi connectivity index (χ3n) is 4.34. The summed E-state index contributed by atoms with van der Waals surface area (Å²) in [5.41, 5.74) is 1.04. The molecule has 1 saturated heterocycles. The highest BCUT2D eigenvalue weighted by atomic mass is 32.2. The van der Waals surface area contributed by atoms with Crippen molar-refractivity contribution in [2.75, 3.05) is 18.5 Å². The molecule has 2 N–H and O–H groups in total. The van der Waals surface area contributed by atoms with Gasteiger partial charge in [0.25, 0.3) is 11.8 Å². The molecule has 0 radical (unpaired) electrons. The highest BCUT2D eigenvalue weighted by Gasteiger charge is 2.31. The zero-order chi connectivity index (χ0) is 23.1. The number of aliphatic carboxylic acids is 1. The maximum atomic E-state index is 13.0. The van der Waals surface area contributed by atoms with Crippen molar-refractivity contribution in [3.05, 3.63) is 64.8 Å². The number of amides is 2. The van der Waals surface area contributed by atoms with Crippen molar-refractivity contribution in [1.82, 2.24) is 4.90 Å². The summed E-state index contributed by atoms with van der Waals surface area (Å²) in [4.78, 5) is 37.3. The molecule has 1 aliphatic heterocycles. The summed E-state index contributed by atoms with van der Waals surface area (Å²) in [6.45, 7) is -0.0472. The van der Waals surface area contributed by atoms with Crippen molar-refractivity contribution in [3.8, 4) is 5.75 Å². The van der Waals surface area contributed by atoms with Gasteiger partial charge in [0.15, 0.2) is 6.61 Å². The van der Waals surface area contributed by atoms with Crippen molar-refractivity contribution < 1.29 is 28.6 Å². The summed E-state index contributed by atoms with van der Waals surface area (Å²) in [6, 6.07) is 12.3. The Bertz CT molecular complexity index is 1070. The number of carbonyl (C=O) groups excluding carboxylic acids is 2. The number of hydrogen-bond acceptors (Lipinski definition) is 6. The molecule has 2 aromatic carbocycles. The van der Waals surface area contributed by atoms with E-state index >= 15 is 0 Å². The quantitative estimate of drug-likeness (QED) is 0.420. The molecule has 10 heteroatoms. The van der Waals surface area contributed by atoms with E-state index in [2.05, 4.69) is 5.32 Å². The average Bonchev–Trinajstić information content (AvgIpc) is 3.02. The lowest BCUT2D eigenvalue weighted by atomic mass is 10.2. The molecule has 1 aliphatic rings. The van der Waals surface area contributed by atoms with Gasteiger partial charge in [0.05, 0.1) is 4.91 Å². The third kappa shape index (κ3) is 6.38. The first-order valence-corrected chi connectivity index (χ1v) is 10.8. The number of para-hydroxylation sites is 1. The average molecular weight is 475 g/mol. The Labute approximate surface area is 193 Å². The number of benzene rings is 2. The van der Waals surface area contributed by atoms with Crippen molar-refractivity contribution in [2.24, 2.45) is 0 Å². The number of nitrogens with one attached hydrogen (secondary N) is 1. The first-order chi connectivity index (χ1) is 15.3. The maximum Gasteiger partial charge on any atom is 0.303 e. The zero-order valence-electron chi connectivity index (χ0n) is 16.7. The number of thioether (sulfide) groups is 1. The van der Waals surface area contributed by atoms with Crippen molar-refractivity contribution in [3.63, 3.8) is 0 Å². The summed E-state index contributed by atoms with van der Waals surface area (Å²) in [5, 5.41) is 11.4. The Hall–Kier alpha value is -3.24. The van der Waals surface area contributed by atoms with Gasteiger partial charge in [-0.3, -0.25) is 19.3 Å². The van der Waals surface area contributed by atoms with Crippen LogP contribution in [-0.4, -0.2) is 45.3 Å². The normalized spacial score (nSPS) is 14.7. The summed E-state index contributed by atoms with van der Waals surface area (Å²) in [6.07, 6.45) is 1.88. The van der Waals surface area contributed by atoms with Gasteiger partial charge in [-0.05, 0) is 42.8 Å². The fraction of sp³-hybridized carbons (Fsp3) is 0.182. The highest BCUT2D eigenvalue weighted by molar-refractivity contribution is 8.26. The summed E-state index contributed by atoms with van der Waals surface area (Å²) in [5.74, 6) is -1.65. The van der Waals surface area contributed by atoms with Gasteiger partial charge in [-0.25, -0.2) is 4.39 Å². The van der Waals surface area contributed by atoms with E-state index in [0.29, 0.717) is 32.6 Å². The molecule has 0 atom stereocenters. The molecule has 2 aromatic rings. The smallest absolute Gasteiger partial charge is 0.303 e. The maximum absolute atomic E-state index is 13.0. The minimum absolute atomic E-state index is 0.0488. The van der Waals surface area contributed by atoms with Gasteiger partial charge in [0.1, 0.15) is 15.9 Å². The van der Waals surface area contributed by atoms with Gasteiger partial charge in [0.2, 0.25) is 0 Å². The van der Waals surface area contributed by atoms with Gasteiger partial charge in [0, 0.05) is 24.2 Å². The monoisotopic (exact) mass is 474 g/mol. The molecule has 0 aromatic heterocycles. The SMILES string of the molecule is O=C(O)CCCN1C(=O)/C(=C/c2ccccc2OCC(=O)Nc2ccc(F)cc2)SC1=S. The number of rotatable bonds is 9. The number of thiocarbonyl (C=S) groups is 1. The second-order valence-corrected chi connectivity index (χ2v) is 8.39. The van der Waals surface area contributed by atoms with E-state index in [1.165, 1.54) is 29.2 Å². The molecule has 1 fully saturated rings. The topological polar surface area (TPSA) is 95.9 Å². The van der Waals surface area contributed by atoms with Crippen molar-refractivity contribution >= 4 is 57.8 Å². The summed E-state index contributed by atoms with van der Waals surface area (Å²) < 4.78 is 19.0. The second kappa shape index (κ2) is 10.9. The molecule has 2 amide bonds. The molecule has 32 heavy (non-hydrogen) atoms. The minimum Gasteiger partial charge on any atom is -0.483 e. The lowest BCUT2D eigenvalue weighted by Crippen LogP contribution is -2.29. The highest BCUT2D eigenvalue weighted by Crippen LogP contribution is 2.34. The molecular weight excluding hydrogens is 455 g/mol. The van der Waals surface area contributed by atoms with E-state index in [4.69, 9.17) is 22.1 Å².